The van der Waals surface area contributed by atoms with E-state index in [-0.39, 0.29) is 23.5 Å². The molecule has 0 bridgehead atoms. The van der Waals surface area contributed by atoms with Crippen molar-refractivity contribution in [2.24, 2.45) is 17.8 Å². The standard InChI is InChI=1S/C21H29FN2O2/c1-14(2)19(23-20(25)16-7-9-18(22)10-8-16)21(26)24-12-11-15-5-3-4-6-17(15)13-24/h7-10,14-15,17,19H,3-6,11-13H2,1-2H3,(H,23,25)/t15-,17-,19-/m0/s1. The van der Waals surface area contributed by atoms with Crippen molar-refractivity contribution in [3.05, 3.63) is 35.6 Å². The highest BCUT2D eigenvalue weighted by molar-refractivity contribution is 5.97. The highest BCUT2D eigenvalue weighted by Crippen LogP contribution is 2.36. The van der Waals surface area contributed by atoms with Crippen LogP contribution in [0.4, 0.5) is 4.39 Å². The van der Waals surface area contributed by atoms with E-state index >= 15 is 0 Å². The third kappa shape index (κ3) is 4.25. The summed E-state index contributed by atoms with van der Waals surface area (Å²) in [5.74, 6) is 0.676. The molecule has 1 saturated heterocycles. The molecular formula is C21H29FN2O2. The number of carbonyl (C=O) groups is 2. The maximum absolute atomic E-state index is 13.1. The molecule has 0 spiro atoms. The molecule has 1 heterocycles. The zero-order chi connectivity index (χ0) is 18.7. The lowest BCUT2D eigenvalue weighted by atomic mass is 9.75. The number of carbonyl (C=O) groups excluding carboxylic acids is 2. The summed E-state index contributed by atoms with van der Waals surface area (Å²) in [7, 11) is 0. The molecule has 1 aliphatic carbocycles. The van der Waals surface area contributed by atoms with E-state index < -0.39 is 6.04 Å². The monoisotopic (exact) mass is 360 g/mol. The van der Waals surface area contributed by atoms with Crippen LogP contribution in [0.2, 0.25) is 0 Å². The van der Waals surface area contributed by atoms with E-state index in [2.05, 4.69) is 5.32 Å². The van der Waals surface area contributed by atoms with Gasteiger partial charge in [0.05, 0.1) is 0 Å². The molecule has 0 aromatic heterocycles. The van der Waals surface area contributed by atoms with Crippen LogP contribution in [-0.2, 0) is 4.79 Å². The Bertz CT molecular complexity index is 644. The van der Waals surface area contributed by atoms with Gasteiger partial charge in [-0.1, -0.05) is 33.1 Å². The number of benzene rings is 1. The predicted molar refractivity (Wildman–Crippen MR) is 99.1 cm³/mol. The van der Waals surface area contributed by atoms with Gasteiger partial charge in [0.2, 0.25) is 5.91 Å². The number of nitrogens with one attached hydrogen (secondary N) is 1. The van der Waals surface area contributed by atoms with E-state index in [1.165, 1.54) is 49.9 Å². The summed E-state index contributed by atoms with van der Waals surface area (Å²) in [5, 5.41) is 2.87. The highest BCUT2D eigenvalue weighted by Gasteiger charge is 2.36. The number of hydrogen-bond acceptors (Lipinski definition) is 2. The van der Waals surface area contributed by atoms with E-state index in [1.54, 1.807) is 0 Å². The van der Waals surface area contributed by atoms with Gasteiger partial charge in [-0.05, 0) is 54.9 Å². The van der Waals surface area contributed by atoms with E-state index in [4.69, 9.17) is 0 Å². The third-order valence-electron chi connectivity index (χ3n) is 5.93. The van der Waals surface area contributed by atoms with Gasteiger partial charge in [0.1, 0.15) is 11.9 Å². The second kappa shape index (κ2) is 8.19. The SMILES string of the molecule is CC(C)[C@H](NC(=O)c1ccc(F)cc1)C(=O)N1CC[C@@H]2CCCC[C@H]2C1. The summed E-state index contributed by atoms with van der Waals surface area (Å²) in [4.78, 5) is 27.5. The Morgan fingerprint density at radius 1 is 1.08 bits per heavy atom. The van der Waals surface area contributed by atoms with Crippen LogP contribution in [0.1, 0.15) is 56.3 Å². The Morgan fingerprint density at radius 2 is 1.73 bits per heavy atom. The van der Waals surface area contributed by atoms with Crippen molar-refractivity contribution in [2.45, 2.75) is 52.0 Å². The molecule has 3 atom stereocenters. The number of halogens is 1. The molecule has 1 aliphatic heterocycles. The first-order valence-corrected chi connectivity index (χ1v) is 9.81. The van der Waals surface area contributed by atoms with Crippen molar-refractivity contribution in [1.82, 2.24) is 10.2 Å². The average molecular weight is 360 g/mol. The summed E-state index contributed by atoms with van der Waals surface area (Å²) >= 11 is 0. The van der Waals surface area contributed by atoms with Gasteiger partial charge in [0, 0.05) is 18.7 Å². The Morgan fingerprint density at radius 3 is 2.38 bits per heavy atom. The maximum Gasteiger partial charge on any atom is 0.251 e. The van der Waals surface area contributed by atoms with Crippen molar-refractivity contribution in [3.8, 4) is 0 Å². The van der Waals surface area contributed by atoms with E-state index in [9.17, 15) is 14.0 Å². The smallest absolute Gasteiger partial charge is 0.251 e. The summed E-state index contributed by atoms with van der Waals surface area (Å²) in [6.45, 7) is 5.50. The van der Waals surface area contributed by atoms with Gasteiger partial charge in [-0.2, -0.15) is 0 Å². The number of amides is 2. The van der Waals surface area contributed by atoms with Crippen LogP contribution in [0.15, 0.2) is 24.3 Å². The minimum absolute atomic E-state index is 0.00372. The lowest BCUT2D eigenvalue weighted by Gasteiger charge is -2.42. The Labute approximate surface area is 155 Å². The molecular weight excluding hydrogens is 331 g/mol. The second-order valence-electron chi connectivity index (χ2n) is 8.08. The quantitative estimate of drug-likeness (QED) is 0.892. The number of fused-ring (bicyclic) bond motifs is 1. The van der Waals surface area contributed by atoms with E-state index in [0.717, 1.165) is 25.4 Å². The average Bonchev–Trinajstić information content (AvgIpc) is 2.65. The number of piperidine rings is 1. The number of rotatable bonds is 4. The fourth-order valence-corrected chi connectivity index (χ4v) is 4.34. The molecule has 0 radical (unpaired) electrons. The van der Waals surface area contributed by atoms with Crippen LogP contribution in [0, 0.1) is 23.6 Å². The van der Waals surface area contributed by atoms with Crippen molar-refractivity contribution >= 4 is 11.8 Å². The molecule has 0 unspecified atom stereocenters. The zero-order valence-electron chi connectivity index (χ0n) is 15.7. The molecule has 2 aliphatic rings. The lowest BCUT2D eigenvalue weighted by molar-refractivity contribution is -0.137. The molecule has 1 N–H and O–H groups in total. The molecule has 3 rings (SSSR count). The first-order chi connectivity index (χ1) is 12.5. The molecule has 1 aromatic carbocycles. The molecule has 2 amide bonds. The van der Waals surface area contributed by atoms with E-state index in [1.807, 2.05) is 18.7 Å². The van der Waals surface area contributed by atoms with Crippen molar-refractivity contribution in [2.75, 3.05) is 13.1 Å². The maximum atomic E-state index is 13.1. The third-order valence-corrected chi connectivity index (χ3v) is 5.93. The topological polar surface area (TPSA) is 49.4 Å². The Hall–Kier alpha value is -1.91. The predicted octanol–water partition coefficient (Wildman–Crippen LogP) is 3.62. The van der Waals surface area contributed by atoms with E-state index in [0.29, 0.717) is 11.5 Å². The first-order valence-electron chi connectivity index (χ1n) is 9.81. The normalized spacial score (nSPS) is 24.1. The van der Waals surface area contributed by atoms with Crippen LogP contribution in [0.5, 0.6) is 0 Å². The van der Waals surface area contributed by atoms with Crippen molar-refractivity contribution in [1.29, 1.82) is 0 Å². The van der Waals surface area contributed by atoms with Gasteiger partial charge in [-0.3, -0.25) is 9.59 Å². The van der Waals surface area contributed by atoms with Gasteiger partial charge >= 0.3 is 0 Å². The van der Waals surface area contributed by atoms with Crippen LogP contribution in [0.3, 0.4) is 0 Å². The Kier molecular flexibility index (Phi) is 5.94. The summed E-state index contributed by atoms with van der Waals surface area (Å²) in [5.41, 5.74) is 0.371. The van der Waals surface area contributed by atoms with Crippen molar-refractivity contribution in [3.63, 3.8) is 0 Å². The summed E-state index contributed by atoms with van der Waals surface area (Å²) < 4.78 is 13.1. The van der Waals surface area contributed by atoms with Crippen LogP contribution in [-0.4, -0.2) is 35.8 Å². The van der Waals surface area contributed by atoms with Gasteiger partial charge in [0.25, 0.3) is 5.91 Å². The molecule has 26 heavy (non-hydrogen) atoms. The Balaban J connectivity index is 1.66. The van der Waals surface area contributed by atoms with Gasteiger partial charge < -0.3 is 10.2 Å². The van der Waals surface area contributed by atoms with Crippen molar-refractivity contribution < 1.29 is 14.0 Å². The fourth-order valence-electron chi connectivity index (χ4n) is 4.34. The first kappa shape index (κ1) is 18.9. The van der Waals surface area contributed by atoms with Crippen LogP contribution in [0.25, 0.3) is 0 Å². The molecule has 5 heteroatoms. The van der Waals surface area contributed by atoms with Gasteiger partial charge in [-0.25, -0.2) is 4.39 Å². The second-order valence-corrected chi connectivity index (χ2v) is 8.08. The minimum Gasteiger partial charge on any atom is -0.341 e. The minimum atomic E-state index is -0.548. The number of nitrogens with zero attached hydrogens (tertiary/aromatic N) is 1. The van der Waals surface area contributed by atoms with Gasteiger partial charge in [0.15, 0.2) is 0 Å². The largest absolute Gasteiger partial charge is 0.341 e. The molecule has 4 nitrogen and oxygen atoms in total. The van der Waals surface area contributed by atoms with Crippen LogP contribution >= 0.6 is 0 Å². The lowest BCUT2D eigenvalue weighted by Crippen LogP contribution is -2.54. The van der Waals surface area contributed by atoms with Gasteiger partial charge in [-0.15, -0.1) is 0 Å². The summed E-state index contributed by atoms with van der Waals surface area (Å²) in [6, 6.07) is 4.86. The molecule has 1 aromatic rings. The fraction of sp³-hybridized carbons (Fsp3) is 0.619. The zero-order valence-corrected chi connectivity index (χ0v) is 15.7. The number of hydrogen-bond donors (Lipinski definition) is 1. The molecule has 142 valence electrons. The molecule has 1 saturated carbocycles. The van der Waals surface area contributed by atoms with Crippen LogP contribution < -0.4 is 5.32 Å². The molecule has 2 fully saturated rings. The highest BCUT2D eigenvalue weighted by atomic mass is 19.1. The number of likely N-dealkylation sites (tertiary alicyclic amines) is 1. The summed E-state index contributed by atoms with van der Waals surface area (Å²) in [6.07, 6.45) is 6.16.